The zero-order valence-corrected chi connectivity index (χ0v) is 12.2. The van der Waals surface area contributed by atoms with Crippen LogP contribution in [0.3, 0.4) is 0 Å². The molecule has 5 nitrogen and oxygen atoms in total. The Bertz CT molecular complexity index is 526. The van der Waals surface area contributed by atoms with Crippen LogP contribution in [0.25, 0.3) is 0 Å². The number of carboxylic acids is 1. The van der Waals surface area contributed by atoms with Gasteiger partial charge in [-0.3, -0.25) is 4.79 Å². The maximum atomic E-state index is 13.5. The molecule has 0 saturated heterocycles. The average Bonchev–Trinajstić information content (AvgIpc) is 2.32. The molecule has 0 aromatic heterocycles. The lowest BCUT2D eigenvalue weighted by molar-refractivity contribution is -0.153. The smallest absolute Gasteiger partial charge is 0.319 e. The number of aliphatic carboxylic acids is 1. The number of benzene rings is 1. The topological polar surface area (TPSA) is 78.4 Å². The van der Waals surface area contributed by atoms with Crippen molar-refractivity contribution in [2.24, 2.45) is 5.41 Å². The second-order valence-corrected chi connectivity index (χ2v) is 5.70. The Labute approximate surface area is 123 Å². The van der Waals surface area contributed by atoms with E-state index >= 15 is 0 Å². The van der Waals surface area contributed by atoms with Crippen molar-refractivity contribution in [2.45, 2.75) is 19.3 Å². The van der Waals surface area contributed by atoms with Crippen molar-refractivity contribution in [3.63, 3.8) is 0 Å². The van der Waals surface area contributed by atoms with Crippen LogP contribution in [-0.4, -0.2) is 23.7 Å². The molecule has 0 unspecified atom stereocenters. The number of amides is 2. The summed E-state index contributed by atoms with van der Waals surface area (Å²) < 4.78 is 13.9. The standard InChI is InChI=1S/C13H14BrFN2O3/c14-8-3-1-4-9(15)10(8)17-12(20)16-7-13(11(18)19)5-2-6-13/h1,3-4H,2,5-7H2,(H,18,19)(H2,16,17,20). The number of nitrogens with one attached hydrogen (secondary N) is 2. The number of hydrogen-bond donors (Lipinski definition) is 3. The van der Waals surface area contributed by atoms with Crippen LogP contribution >= 0.6 is 15.9 Å². The van der Waals surface area contributed by atoms with Crippen molar-refractivity contribution < 1.29 is 19.1 Å². The van der Waals surface area contributed by atoms with E-state index in [-0.39, 0.29) is 12.2 Å². The molecule has 2 amide bonds. The van der Waals surface area contributed by atoms with Crippen LogP contribution in [0.5, 0.6) is 0 Å². The number of carboxylic acid groups (broad SMARTS) is 1. The third kappa shape index (κ3) is 2.92. The van der Waals surface area contributed by atoms with Crippen molar-refractivity contribution >= 4 is 33.6 Å². The monoisotopic (exact) mass is 344 g/mol. The number of para-hydroxylation sites is 1. The van der Waals surface area contributed by atoms with E-state index in [1.165, 1.54) is 12.1 Å². The summed E-state index contributed by atoms with van der Waals surface area (Å²) in [6.07, 6.45) is 1.94. The Kier molecular flexibility index (Phi) is 4.27. The summed E-state index contributed by atoms with van der Waals surface area (Å²) in [4.78, 5) is 22.9. The van der Waals surface area contributed by atoms with Gasteiger partial charge in [0, 0.05) is 11.0 Å². The van der Waals surface area contributed by atoms with Crippen LogP contribution in [0.15, 0.2) is 22.7 Å². The van der Waals surface area contributed by atoms with E-state index < -0.39 is 23.2 Å². The number of carbonyl (C=O) groups is 2. The van der Waals surface area contributed by atoms with Crippen molar-refractivity contribution in [2.75, 3.05) is 11.9 Å². The van der Waals surface area contributed by atoms with Crippen molar-refractivity contribution in [1.29, 1.82) is 0 Å². The van der Waals surface area contributed by atoms with Crippen molar-refractivity contribution in [1.82, 2.24) is 5.32 Å². The molecule has 1 saturated carbocycles. The molecule has 20 heavy (non-hydrogen) atoms. The molecule has 0 bridgehead atoms. The van der Waals surface area contributed by atoms with E-state index in [1.807, 2.05) is 0 Å². The van der Waals surface area contributed by atoms with Gasteiger partial charge in [-0.25, -0.2) is 9.18 Å². The first-order chi connectivity index (χ1) is 9.44. The summed E-state index contributed by atoms with van der Waals surface area (Å²) in [5, 5.41) is 14.0. The van der Waals surface area contributed by atoms with Gasteiger partial charge in [-0.15, -0.1) is 0 Å². The third-order valence-corrected chi connectivity index (χ3v) is 4.21. The van der Waals surface area contributed by atoms with Gasteiger partial charge in [0.1, 0.15) is 5.82 Å². The number of halogens is 2. The van der Waals surface area contributed by atoms with Crippen LogP contribution in [0.1, 0.15) is 19.3 Å². The minimum atomic E-state index is -0.906. The molecule has 7 heteroatoms. The molecule has 0 radical (unpaired) electrons. The Balaban J connectivity index is 1.95. The maximum Gasteiger partial charge on any atom is 0.319 e. The van der Waals surface area contributed by atoms with Crippen LogP contribution in [0.4, 0.5) is 14.9 Å². The number of rotatable bonds is 4. The molecule has 0 atom stereocenters. The van der Waals surface area contributed by atoms with Gasteiger partial charge in [0.2, 0.25) is 0 Å². The fraction of sp³-hybridized carbons (Fsp3) is 0.385. The fourth-order valence-electron chi connectivity index (χ4n) is 2.09. The second kappa shape index (κ2) is 5.78. The Morgan fingerprint density at radius 1 is 1.40 bits per heavy atom. The quantitative estimate of drug-likeness (QED) is 0.785. The largest absolute Gasteiger partial charge is 0.481 e. The molecular formula is C13H14BrFN2O3. The zero-order chi connectivity index (χ0) is 14.8. The third-order valence-electron chi connectivity index (χ3n) is 3.55. The first-order valence-corrected chi connectivity index (χ1v) is 6.96. The molecule has 1 aromatic carbocycles. The number of hydrogen-bond acceptors (Lipinski definition) is 2. The molecule has 0 heterocycles. The summed E-state index contributed by atoms with van der Waals surface area (Å²) >= 11 is 3.14. The van der Waals surface area contributed by atoms with Gasteiger partial charge >= 0.3 is 12.0 Å². The highest BCUT2D eigenvalue weighted by atomic mass is 79.9. The van der Waals surface area contributed by atoms with Crippen molar-refractivity contribution in [3.8, 4) is 0 Å². The SMILES string of the molecule is O=C(NCC1(C(=O)O)CCC1)Nc1c(F)cccc1Br. The van der Waals surface area contributed by atoms with Gasteiger partial charge in [-0.1, -0.05) is 12.5 Å². The average molecular weight is 345 g/mol. The molecule has 0 spiro atoms. The van der Waals surface area contributed by atoms with Crippen LogP contribution in [-0.2, 0) is 4.79 Å². The van der Waals surface area contributed by atoms with Crippen LogP contribution < -0.4 is 10.6 Å². The Hall–Kier alpha value is -1.63. The molecular weight excluding hydrogens is 331 g/mol. The van der Waals surface area contributed by atoms with E-state index in [9.17, 15) is 14.0 Å². The van der Waals surface area contributed by atoms with Gasteiger partial charge < -0.3 is 15.7 Å². The summed E-state index contributed by atoms with van der Waals surface area (Å²) in [5.74, 6) is -1.47. The lowest BCUT2D eigenvalue weighted by atomic mass is 9.69. The minimum absolute atomic E-state index is 0.0305. The predicted octanol–water partition coefficient (Wildman–Crippen LogP) is 2.96. The molecule has 0 aliphatic heterocycles. The first-order valence-electron chi connectivity index (χ1n) is 6.17. The molecule has 1 aliphatic rings. The highest BCUT2D eigenvalue weighted by Gasteiger charge is 2.44. The number of carbonyl (C=O) groups excluding carboxylic acids is 1. The highest BCUT2D eigenvalue weighted by Crippen LogP contribution is 2.40. The predicted molar refractivity (Wildman–Crippen MR) is 75.0 cm³/mol. The van der Waals surface area contributed by atoms with Gasteiger partial charge in [0.05, 0.1) is 11.1 Å². The first kappa shape index (κ1) is 14.8. The van der Waals surface area contributed by atoms with Crippen molar-refractivity contribution in [3.05, 3.63) is 28.5 Å². The molecule has 2 rings (SSSR count). The number of anilines is 1. The molecule has 108 valence electrons. The second-order valence-electron chi connectivity index (χ2n) is 4.84. The Morgan fingerprint density at radius 3 is 2.60 bits per heavy atom. The van der Waals surface area contributed by atoms with E-state index in [0.29, 0.717) is 17.3 Å². The minimum Gasteiger partial charge on any atom is -0.481 e. The van der Waals surface area contributed by atoms with E-state index in [4.69, 9.17) is 5.11 Å². The lowest BCUT2D eigenvalue weighted by Crippen LogP contribution is -2.48. The van der Waals surface area contributed by atoms with E-state index in [0.717, 1.165) is 6.42 Å². The van der Waals surface area contributed by atoms with Crippen LogP contribution in [0.2, 0.25) is 0 Å². The maximum absolute atomic E-state index is 13.5. The summed E-state index contributed by atoms with van der Waals surface area (Å²) in [5.41, 5.74) is -0.841. The van der Waals surface area contributed by atoms with Gasteiger partial charge in [0.15, 0.2) is 0 Å². The van der Waals surface area contributed by atoms with Gasteiger partial charge in [0.25, 0.3) is 0 Å². The molecule has 1 fully saturated rings. The van der Waals surface area contributed by atoms with E-state index in [2.05, 4.69) is 26.6 Å². The summed E-state index contributed by atoms with van der Waals surface area (Å²) in [6.45, 7) is 0.0419. The zero-order valence-electron chi connectivity index (χ0n) is 10.6. The molecule has 1 aliphatic carbocycles. The molecule has 1 aromatic rings. The van der Waals surface area contributed by atoms with Gasteiger partial charge in [-0.2, -0.15) is 0 Å². The van der Waals surface area contributed by atoms with E-state index in [1.54, 1.807) is 6.07 Å². The normalized spacial score (nSPS) is 16.1. The van der Waals surface area contributed by atoms with Crippen LogP contribution in [0, 0.1) is 11.2 Å². The molecule has 3 N–H and O–H groups in total. The fourth-order valence-corrected chi connectivity index (χ4v) is 2.54. The highest BCUT2D eigenvalue weighted by molar-refractivity contribution is 9.10. The summed E-state index contributed by atoms with van der Waals surface area (Å²) in [6, 6.07) is 3.72. The van der Waals surface area contributed by atoms with Gasteiger partial charge in [-0.05, 0) is 40.9 Å². The number of urea groups is 1. The summed E-state index contributed by atoms with van der Waals surface area (Å²) in [7, 11) is 0. The Morgan fingerprint density at radius 2 is 2.10 bits per heavy atom. The lowest BCUT2D eigenvalue weighted by Gasteiger charge is -2.37.